The van der Waals surface area contributed by atoms with Crippen LogP contribution in [-0.4, -0.2) is 11.5 Å². The van der Waals surface area contributed by atoms with Crippen molar-refractivity contribution in [1.29, 1.82) is 0 Å². The van der Waals surface area contributed by atoms with Gasteiger partial charge in [-0.1, -0.05) is 30.3 Å². The van der Waals surface area contributed by atoms with Gasteiger partial charge in [-0.2, -0.15) is 0 Å². The summed E-state index contributed by atoms with van der Waals surface area (Å²) in [5.74, 6) is 0.788. The summed E-state index contributed by atoms with van der Waals surface area (Å²) in [5, 5.41) is 0. The zero-order valence-corrected chi connectivity index (χ0v) is 9.23. The fourth-order valence-electron chi connectivity index (χ4n) is 1.60. The van der Waals surface area contributed by atoms with E-state index in [-0.39, 0.29) is 0 Å². The number of rotatable bonds is 5. The van der Waals surface area contributed by atoms with Crippen LogP contribution in [0.4, 0.5) is 0 Å². The molecule has 1 aromatic heterocycles. The van der Waals surface area contributed by atoms with E-state index < -0.39 is 0 Å². The number of aryl methyl sites for hydroxylation is 1. The molecule has 0 saturated heterocycles. The van der Waals surface area contributed by atoms with Crippen molar-refractivity contribution in [3.63, 3.8) is 0 Å². The van der Waals surface area contributed by atoms with E-state index in [0.717, 1.165) is 30.8 Å². The lowest BCUT2D eigenvalue weighted by Gasteiger charge is -1.95. The van der Waals surface area contributed by atoms with Crippen LogP contribution in [0.25, 0.3) is 0 Å². The number of aromatic nitrogens is 1. The third-order valence-electron chi connectivity index (χ3n) is 2.42. The molecule has 0 fully saturated rings. The molecule has 3 nitrogen and oxygen atoms in total. The van der Waals surface area contributed by atoms with Crippen molar-refractivity contribution >= 4 is 0 Å². The van der Waals surface area contributed by atoms with Crippen LogP contribution in [0.3, 0.4) is 0 Å². The van der Waals surface area contributed by atoms with Crippen molar-refractivity contribution in [1.82, 2.24) is 4.98 Å². The Hall–Kier alpha value is -1.61. The molecule has 3 heteroatoms. The molecule has 16 heavy (non-hydrogen) atoms. The number of oxazole rings is 1. The van der Waals surface area contributed by atoms with Crippen LogP contribution >= 0.6 is 0 Å². The lowest BCUT2D eigenvalue weighted by Crippen LogP contribution is -2.00. The Morgan fingerprint density at radius 3 is 2.75 bits per heavy atom. The molecule has 2 rings (SSSR count). The normalized spacial score (nSPS) is 10.6. The SMILES string of the molecule is NCCCc1nc(Cc2ccccc2)co1. The number of hydrogen-bond donors (Lipinski definition) is 1. The number of nitrogens with zero attached hydrogens (tertiary/aromatic N) is 1. The highest BCUT2D eigenvalue weighted by Gasteiger charge is 2.03. The Labute approximate surface area is 95.3 Å². The van der Waals surface area contributed by atoms with Gasteiger partial charge in [0.1, 0.15) is 6.26 Å². The van der Waals surface area contributed by atoms with Gasteiger partial charge in [0.05, 0.1) is 5.69 Å². The van der Waals surface area contributed by atoms with Gasteiger partial charge in [-0.25, -0.2) is 4.98 Å². The molecule has 0 saturated carbocycles. The van der Waals surface area contributed by atoms with E-state index >= 15 is 0 Å². The maximum Gasteiger partial charge on any atom is 0.194 e. The van der Waals surface area contributed by atoms with Gasteiger partial charge in [-0.05, 0) is 18.5 Å². The second-order valence-corrected chi connectivity index (χ2v) is 3.79. The summed E-state index contributed by atoms with van der Waals surface area (Å²) < 4.78 is 5.37. The second kappa shape index (κ2) is 5.47. The van der Waals surface area contributed by atoms with E-state index in [4.69, 9.17) is 10.2 Å². The zero-order valence-electron chi connectivity index (χ0n) is 9.23. The molecule has 0 spiro atoms. The molecule has 1 aromatic carbocycles. The summed E-state index contributed by atoms with van der Waals surface area (Å²) in [6.45, 7) is 0.677. The number of hydrogen-bond acceptors (Lipinski definition) is 3. The molecule has 0 aliphatic rings. The molecular formula is C13H16N2O. The molecule has 0 amide bonds. The average Bonchev–Trinajstić information content (AvgIpc) is 2.75. The van der Waals surface area contributed by atoms with Gasteiger partial charge in [0, 0.05) is 12.8 Å². The van der Waals surface area contributed by atoms with Crippen LogP contribution in [-0.2, 0) is 12.8 Å². The van der Waals surface area contributed by atoms with Crippen LogP contribution in [0.2, 0.25) is 0 Å². The highest BCUT2D eigenvalue weighted by Crippen LogP contribution is 2.10. The van der Waals surface area contributed by atoms with Gasteiger partial charge < -0.3 is 10.2 Å². The van der Waals surface area contributed by atoms with E-state index in [0.29, 0.717) is 6.54 Å². The van der Waals surface area contributed by atoms with Crippen molar-refractivity contribution in [2.75, 3.05) is 6.54 Å². The van der Waals surface area contributed by atoms with Crippen LogP contribution in [0.1, 0.15) is 23.6 Å². The van der Waals surface area contributed by atoms with Crippen LogP contribution < -0.4 is 5.73 Å². The molecule has 0 bridgehead atoms. The lowest BCUT2D eigenvalue weighted by molar-refractivity contribution is 0.488. The monoisotopic (exact) mass is 216 g/mol. The summed E-state index contributed by atoms with van der Waals surface area (Å²) in [4.78, 5) is 4.42. The largest absolute Gasteiger partial charge is 0.449 e. The molecular weight excluding hydrogens is 200 g/mol. The molecule has 0 atom stereocenters. The minimum atomic E-state index is 0.677. The molecule has 0 unspecified atom stereocenters. The molecule has 2 aromatic rings. The first-order valence-corrected chi connectivity index (χ1v) is 5.56. The quantitative estimate of drug-likeness (QED) is 0.833. The molecule has 0 aliphatic carbocycles. The van der Waals surface area contributed by atoms with Gasteiger partial charge in [0.25, 0.3) is 0 Å². The average molecular weight is 216 g/mol. The molecule has 0 radical (unpaired) electrons. The second-order valence-electron chi connectivity index (χ2n) is 3.79. The van der Waals surface area contributed by atoms with Crippen molar-refractivity contribution in [3.05, 3.63) is 53.7 Å². The fourth-order valence-corrected chi connectivity index (χ4v) is 1.60. The van der Waals surface area contributed by atoms with E-state index in [1.165, 1.54) is 5.56 Å². The van der Waals surface area contributed by atoms with Gasteiger partial charge in [-0.15, -0.1) is 0 Å². The van der Waals surface area contributed by atoms with Crippen molar-refractivity contribution < 1.29 is 4.42 Å². The maximum absolute atomic E-state index is 5.44. The summed E-state index contributed by atoms with van der Waals surface area (Å²) >= 11 is 0. The van der Waals surface area contributed by atoms with Crippen molar-refractivity contribution in [2.24, 2.45) is 5.73 Å². The first kappa shape index (κ1) is 10.9. The maximum atomic E-state index is 5.44. The molecule has 2 N–H and O–H groups in total. The molecule has 0 aliphatic heterocycles. The highest BCUT2D eigenvalue weighted by molar-refractivity contribution is 5.20. The van der Waals surface area contributed by atoms with E-state index in [9.17, 15) is 0 Å². The van der Waals surface area contributed by atoms with Crippen molar-refractivity contribution in [3.8, 4) is 0 Å². The Bertz CT molecular complexity index is 423. The predicted molar refractivity (Wildman–Crippen MR) is 63.1 cm³/mol. The zero-order chi connectivity index (χ0) is 11.2. The first-order chi connectivity index (χ1) is 7.88. The summed E-state index contributed by atoms with van der Waals surface area (Å²) in [6.07, 6.45) is 4.31. The molecule has 1 heterocycles. The van der Waals surface area contributed by atoms with Gasteiger partial charge in [0.15, 0.2) is 5.89 Å². The van der Waals surface area contributed by atoms with Gasteiger partial charge in [-0.3, -0.25) is 0 Å². The Morgan fingerprint density at radius 1 is 1.19 bits per heavy atom. The van der Waals surface area contributed by atoms with Crippen LogP contribution in [0, 0.1) is 0 Å². The predicted octanol–water partition coefficient (Wildman–Crippen LogP) is 2.16. The van der Waals surface area contributed by atoms with E-state index in [2.05, 4.69) is 17.1 Å². The summed E-state index contributed by atoms with van der Waals surface area (Å²) in [5.41, 5.74) is 7.67. The molecule has 84 valence electrons. The smallest absolute Gasteiger partial charge is 0.194 e. The summed E-state index contributed by atoms with van der Waals surface area (Å²) in [6, 6.07) is 10.3. The van der Waals surface area contributed by atoms with Crippen LogP contribution in [0.15, 0.2) is 41.0 Å². The summed E-state index contributed by atoms with van der Waals surface area (Å²) in [7, 11) is 0. The topological polar surface area (TPSA) is 52.0 Å². The van der Waals surface area contributed by atoms with Gasteiger partial charge >= 0.3 is 0 Å². The number of benzene rings is 1. The van der Waals surface area contributed by atoms with E-state index in [1.54, 1.807) is 6.26 Å². The standard InChI is InChI=1S/C13H16N2O/c14-8-4-7-13-15-12(10-16-13)9-11-5-2-1-3-6-11/h1-3,5-6,10H,4,7-9,14H2. The minimum Gasteiger partial charge on any atom is -0.449 e. The van der Waals surface area contributed by atoms with Crippen molar-refractivity contribution in [2.45, 2.75) is 19.3 Å². The van der Waals surface area contributed by atoms with Crippen LogP contribution in [0.5, 0.6) is 0 Å². The Morgan fingerprint density at radius 2 is 2.00 bits per heavy atom. The Kier molecular flexibility index (Phi) is 3.72. The third-order valence-corrected chi connectivity index (χ3v) is 2.42. The fraction of sp³-hybridized carbons (Fsp3) is 0.308. The number of nitrogens with two attached hydrogens (primary N) is 1. The lowest BCUT2D eigenvalue weighted by atomic mass is 10.1. The third kappa shape index (κ3) is 2.94. The first-order valence-electron chi connectivity index (χ1n) is 5.56. The van der Waals surface area contributed by atoms with E-state index in [1.807, 2.05) is 18.2 Å². The Balaban J connectivity index is 1.97. The highest BCUT2D eigenvalue weighted by atomic mass is 16.3. The van der Waals surface area contributed by atoms with Gasteiger partial charge in [0.2, 0.25) is 0 Å². The minimum absolute atomic E-state index is 0.677.